The first-order valence-corrected chi connectivity index (χ1v) is 12.1. The van der Waals surface area contributed by atoms with Crippen molar-refractivity contribution in [1.82, 2.24) is 4.90 Å². The summed E-state index contributed by atoms with van der Waals surface area (Å²) >= 11 is 0. The molecule has 2 aliphatic rings. The lowest BCUT2D eigenvalue weighted by Gasteiger charge is -2.34. The molecule has 1 saturated heterocycles. The number of nitrogens with zero attached hydrogens (tertiary/aromatic N) is 2. The van der Waals surface area contributed by atoms with Crippen molar-refractivity contribution in [2.24, 2.45) is 4.99 Å². The third kappa shape index (κ3) is 5.23. The van der Waals surface area contributed by atoms with Crippen LogP contribution in [-0.4, -0.2) is 42.5 Å². The molecule has 1 aliphatic carbocycles. The molecular formula is C28H36N2O3. The van der Waals surface area contributed by atoms with Crippen molar-refractivity contribution in [2.45, 2.75) is 71.3 Å². The number of methoxy groups -OCH3 is 1. The fourth-order valence-electron chi connectivity index (χ4n) is 4.99. The number of carbonyl (C=O) groups is 1. The van der Waals surface area contributed by atoms with Gasteiger partial charge < -0.3 is 14.4 Å². The van der Waals surface area contributed by atoms with E-state index < -0.39 is 5.60 Å². The van der Waals surface area contributed by atoms with E-state index in [-0.39, 0.29) is 6.09 Å². The van der Waals surface area contributed by atoms with Crippen LogP contribution in [0.4, 0.5) is 10.5 Å². The Balaban J connectivity index is 1.49. The summed E-state index contributed by atoms with van der Waals surface area (Å²) in [6, 6.07) is 12.9. The Morgan fingerprint density at radius 3 is 2.55 bits per heavy atom. The van der Waals surface area contributed by atoms with Crippen molar-refractivity contribution in [3.8, 4) is 5.75 Å². The Kier molecular flexibility index (Phi) is 6.78. The summed E-state index contributed by atoms with van der Waals surface area (Å²) in [6.45, 7) is 9.43. The quantitative estimate of drug-likeness (QED) is 0.541. The lowest BCUT2D eigenvalue weighted by Crippen LogP contribution is -2.41. The van der Waals surface area contributed by atoms with Gasteiger partial charge in [0.1, 0.15) is 11.4 Å². The van der Waals surface area contributed by atoms with Gasteiger partial charge in [-0.1, -0.05) is 25.1 Å². The van der Waals surface area contributed by atoms with Crippen molar-refractivity contribution in [2.75, 3.05) is 20.2 Å². The topological polar surface area (TPSA) is 51.1 Å². The highest BCUT2D eigenvalue weighted by Gasteiger charge is 2.28. The third-order valence-electron chi connectivity index (χ3n) is 6.61. The molecule has 0 aromatic heterocycles. The molecule has 0 atom stereocenters. The molecule has 1 fully saturated rings. The number of ether oxygens (including phenoxy) is 2. The van der Waals surface area contributed by atoms with E-state index in [0.29, 0.717) is 5.92 Å². The van der Waals surface area contributed by atoms with Crippen LogP contribution in [0.25, 0.3) is 0 Å². The second-order valence-electron chi connectivity index (χ2n) is 10.0. The molecule has 2 aromatic rings. The monoisotopic (exact) mass is 448 g/mol. The van der Waals surface area contributed by atoms with Gasteiger partial charge in [0.2, 0.25) is 0 Å². The predicted octanol–water partition coefficient (Wildman–Crippen LogP) is 6.44. The molecule has 1 heterocycles. The van der Waals surface area contributed by atoms with Gasteiger partial charge >= 0.3 is 6.09 Å². The van der Waals surface area contributed by atoms with E-state index in [1.54, 1.807) is 7.11 Å². The molecule has 2 aromatic carbocycles. The largest absolute Gasteiger partial charge is 0.496 e. The van der Waals surface area contributed by atoms with E-state index >= 15 is 0 Å². The van der Waals surface area contributed by atoms with Gasteiger partial charge in [-0.3, -0.25) is 4.99 Å². The number of benzene rings is 2. The first kappa shape index (κ1) is 23.3. The van der Waals surface area contributed by atoms with E-state index in [2.05, 4.69) is 37.3 Å². The maximum atomic E-state index is 12.4. The van der Waals surface area contributed by atoms with Crippen LogP contribution in [-0.2, 0) is 17.6 Å². The standard InChI is InChI=1S/C28H36N2O3/c1-6-19-18-22(29-24-13-10-21-8-7-9-25(32-5)26(21)24)11-12-23(19)20-14-16-30(17-15-20)27(31)33-28(2,3)4/h7-9,11-12,18,20H,6,10,13-17H2,1-5H3. The zero-order valence-electron chi connectivity index (χ0n) is 20.6. The summed E-state index contributed by atoms with van der Waals surface area (Å²) in [6.07, 6.45) is 4.66. The highest BCUT2D eigenvalue weighted by atomic mass is 16.6. The summed E-state index contributed by atoms with van der Waals surface area (Å²) in [5, 5.41) is 0. The number of hydrogen-bond acceptors (Lipinski definition) is 4. The zero-order valence-corrected chi connectivity index (χ0v) is 20.6. The number of carbonyl (C=O) groups excluding carboxylic acids is 1. The minimum absolute atomic E-state index is 0.199. The van der Waals surface area contributed by atoms with Crippen molar-refractivity contribution in [3.63, 3.8) is 0 Å². The van der Waals surface area contributed by atoms with Crippen LogP contribution < -0.4 is 4.74 Å². The number of piperidine rings is 1. The number of likely N-dealkylation sites (tertiary alicyclic amines) is 1. The van der Waals surface area contributed by atoms with Crippen LogP contribution in [0.1, 0.15) is 75.1 Å². The van der Waals surface area contributed by atoms with Gasteiger partial charge in [0.25, 0.3) is 0 Å². The summed E-state index contributed by atoms with van der Waals surface area (Å²) in [7, 11) is 1.73. The van der Waals surface area contributed by atoms with Crippen molar-refractivity contribution in [1.29, 1.82) is 0 Å². The Morgan fingerprint density at radius 1 is 1.12 bits per heavy atom. The minimum atomic E-state index is -0.454. The van der Waals surface area contributed by atoms with Gasteiger partial charge in [0, 0.05) is 18.7 Å². The van der Waals surface area contributed by atoms with Crippen LogP contribution >= 0.6 is 0 Å². The molecule has 5 nitrogen and oxygen atoms in total. The first-order chi connectivity index (χ1) is 15.8. The average molecular weight is 449 g/mol. The number of fused-ring (bicyclic) bond motifs is 1. The molecule has 5 heteroatoms. The number of aliphatic imine (C=N–C) groups is 1. The average Bonchev–Trinajstić information content (AvgIpc) is 3.21. The number of amides is 1. The van der Waals surface area contributed by atoms with Crippen LogP contribution in [0, 0.1) is 0 Å². The van der Waals surface area contributed by atoms with Crippen LogP contribution in [0.2, 0.25) is 0 Å². The molecule has 0 spiro atoms. The van der Waals surface area contributed by atoms with Gasteiger partial charge in [-0.25, -0.2) is 4.79 Å². The highest BCUT2D eigenvalue weighted by molar-refractivity contribution is 6.08. The molecule has 1 amide bonds. The summed E-state index contributed by atoms with van der Waals surface area (Å²) in [5.41, 5.74) is 6.90. The van der Waals surface area contributed by atoms with Crippen LogP contribution in [0.3, 0.4) is 0 Å². The smallest absolute Gasteiger partial charge is 0.410 e. The van der Waals surface area contributed by atoms with E-state index in [1.807, 2.05) is 31.7 Å². The van der Waals surface area contributed by atoms with Gasteiger partial charge in [-0.05, 0) is 93.7 Å². The predicted molar refractivity (Wildman–Crippen MR) is 133 cm³/mol. The Labute approximate surface area is 197 Å². The van der Waals surface area contributed by atoms with Crippen molar-refractivity contribution >= 4 is 17.5 Å². The summed E-state index contributed by atoms with van der Waals surface area (Å²) < 4.78 is 11.1. The van der Waals surface area contributed by atoms with Gasteiger partial charge in [-0.2, -0.15) is 0 Å². The first-order valence-electron chi connectivity index (χ1n) is 12.1. The van der Waals surface area contributed by atoms with Gasteiger partial charge in [0.05, 0.1) is 18.5 Å². The highest BCUT2D eigenvalue weighted by Crippen LogP contribution is 2.35. The van der Waals surface area contributed by atoms with Crippen LogP contribution in [0.5, 0.6) is 5.75 Å². The van der Waals surface area contributed by atoms with Crippen molar-refractivity contribution in [3.05, 3.63) is 58.7 Å². The molecule has 0 unspecified atom stereocenters. The van der Waals surface area contributed by atoms with E-state index in [9.17, 15) is 4.79 Å². The Morgan fingerprint density at radius 2 is 1.88 bits per heavy atom. The lowest BCUT2D eigenvalue weighted by molar-refractivity contribution is 0.0204. The maximum Gasteiger partial charge on any atom is 0.410 e. The fraction of sp³-hybridized carbons (Fsp3) is 0.500. The van der Waals surface area contributed by atoms with Crippen LogP contribution in [0.15, 0.2) is 41.4 Å². The summed E-state index contributed by atoms with van der Waals surface area (Å²) in [4.78, 5) is 19.3. The molecule has 4 rings (SSSR count). The Hall–Kier alpha value is -2.82. The van der Waals surface area contributed by atoms with E-state index in [4.69, 9.17) is 14.5 Å². The maximum absolute atomic E-state index is 12.4. The van der Waals surface area contributed by atoms with Gasteiger partial charge in [0.15, 0.2) is 0 Å². The second kappa shape index (κ2) is 9.58. The normalized spacial score (nSPS) is 17.8. The van der Waals surface area contributed by atoms with Crippen molar-refractivity contribution < 1.29 is 14.3 Å². The number of hydrogen-bond donors (Lipinski definition) is 0. The minimum Gasteiger partial charge on any atom is -0.496 e. The third-order valence-corrected chi connectivity index (χ3v) is 6.61. The summed E-state index contributed by atoms with van der Waals surface area (Å²) in [5.74, 6) is 1.38. The molecular weight excluding hydrogens is 412 g/mol. The van der Waals surface area contributed by atoms with E-state index in [1.165, 1.54) is 16.7 Å². The molecule has 33 heavy (non-hydrogen) atoms. The molecule has 0 radical (unpaired) electrons. The Bertz CT molecular complexity index is 1040. The lowest BCUT2D eigenvalue weighted by atomic mass is 9.85. The molecule has 0 bridgehead atoms. The van der Waals surface area contributed by atoms with E-state index in [0.717, 1.165) is 67.9 Å². The fourth-order valence-corrected chi connectivity index (χ4v) is 4.99. The molecule has 1 aliphatic heterocycles. The number of rotatable bonds is 4. The zero-order chi connectivity index (χ0) is 23.6. The molecule has 0 saturated carbocycles. The second-order valence-corrected chi connectivity index (χ2v) is 10.0. The van der Waals surface area contributed by atoms with Gasteiger partial charge in [-0.15, -0.1) is 0 Å². The SMILES string of the molecule is CCc1cc(N=C2CCc3cccc(OC)c32)ccc1C1CCN(C(=O)OC(C)(C)C)CC1. The molecule has 176 valence electrons. The molecule has 0 N–H and O–H groups in total. The number of aryl methyl sites for hydroxylation is 2.